The summed E-state index contributed by atoms with van der Waals surface area (Å²) >= 11 is 0. The first-order valence-corrected chi connectivity index (χ1v) is 17.2. The predicted molar refractivity (Wildman–Crippen MR) is 156 cm³/mol. The summed E-state index contributed by atoms with van der Waals surface area (Å²) in [6.45, 7) is 9.29. The quantitative estimate of drug-likeness (QED) is 0.344. The van der Waals surface area contributed by atoms with Gasteiger partial charge in [-0.2, -0.15) is 0 Å². The van der Waals surface area contributed by atoms with Crippen molar-refractivity contribution in [2.45, 2.75) is 102 Å². The molecule has 12 atom stereocenters. The molecule has 4 aliphatic rings. The second-order valence-electron chi connectivity index (χ2n) is 14.1. The van der Waals surface area contributed by atoms with Gasteiger partial charge in [-0.15, -0.1) is 0 Å². The van der Waals surface area contributed by atoms with Crippen LogP contribution < -0.4 is 10.0 Å². The summed E-state index contributed by atoms with van der Waals surface area (Å²) < 4.78 is 42.6. The van der Waals surface area contributed by atoms with E-state index in [0.717, 1.165) is 44.9 Å². The maximum atomic E-state index is 15.6. The first kappa shape index (κ1) is 30.7. The topological polar surface area (TPSA) is 116 Å². The highest BCUT2D eigenvalue weighted by molar-refractivity contribution is 7.90. The van der Waals surface area contributed by atoms with Gasteiger partial charge in [0, 0.05) is 12.5 Å². The lowest BCUT2D eigenvalue weighted by atomic mass is 9.41. The second-order valence-corrected chi connectivity index (χ2v) is 15.8. The largest absolute Gasteiger partial charge is 0.393 e. The van der Waals surface area contributed by atoms with Crippen LogP contribution in [-0.4, -0.2) is 49.6 Å². The fourth-order valence-corrected chi connectivity index (χ4v) is 11.3. The van der Waals surface area contributed by atoms with Crippen LogP contribution in [0.1, 0.15) is 79.1 Å². The number of carbonyl (C=O) groups excluding carboxylic acids is 1. The number of halogens is 1. The Morgan fingerprint density at radius 2 is 1.71 bits per heavy atom. The van der Waals surface area contributed by atoms with E-state index in [1.54, 1.807) is 18.2 Å². The molecular weight excluding hydrogens is 543 g/mol. The number of rotatable bonds is 7. The van der Waals surface area contributed by atoms with E-state index in [9.17, 15) is 23.4 Å². The molecule has 5 rings (SSSR count). The summed E-state index contributed by atoms with van der Waals surface area (Å²) in [4.78, 5) is 12.4. The molecule has 230 valence electrons. The van der Waals surface area contributed by atoms with Crippen molar-refractivity contribution in [3.05, 3.63) is 30.3 Å². The first-order valence-electron chi connectivity index (χ1n) is 15.7. The van der Waals surface area contributed by atoms with E-state index >= 15 is 4.39 Å². The Hall–Kier alpha value is -1.71. The molecule has 1 aromatic carbocycles. The number of amides is 2. The monoisotopic (exact) mass is 592 g/mol. The number of hydrogen-bond acceptors (Lipinski definition) is 5. The van der Waals surface area contributed by atoms with Crippen LogP contribution in [-0.2, 0) is 10.0 Å². The summed E-state index contributed by atoms with van der Waals surface area (Å²) in [5.41, 5.74) is -0.142. The van der Waals surface area contributed by atoms with Crippen molar-refractivity contribution in [3.8, 4) is 0 Å². The highest BCUT2D eigenvalue weighted by Crippen LogP contribution is 2.69. The molecule has 2 amide bonds. The van der Waals surface area contributed by atoms with Crippen LogP contribution in [0.2, 0.25) is 0 Å². The van der Waals surface area contributed by atoms with Gasteiger partial charge in [0.2, 0.25) is 0 Å². The molecule has 41 heavy (non-hydrogen) atoms. The molecule has 0 radical (unpaired) electrons. The molecule has 4 fully saturated rings. The van der Waals surface area contributed by atoms with Crippen LogP contribution >= 0.6 is 0 Å². The molecular formula is C32H49FN2O5S. The van der Waals surface area contributed by atoms with Gasteiger partial charge < -0.3 is 15.5 Å². The van der Waals surface area contributed by atoms with E-state index in [-0.39, 0.29) is 39.4 Å². The molecule has 7 nitrogen and oxygen atoms in total. The molecule has 0 unspecified atom stereocenters. The van der Waals surface area contributed by atoms with Gasteiger partial charge in [-0.25, -0.2) is 22.3 Å². The minimum atomic E-state index is -3.92. The fraction of sp³-hybridized carbons (Fsp3) is 0.781. The molecule has 0 aliphatic heterocycles. The predicted octanol–water partition coefficient (Wildman–Crippen LogP) is 5.28. The lowest BCUT2D eigenvalue weighted by Crippen LogP contribution is -2.65. The van der Waals surface area contributed by atoms with Crippen LogP contribution in [0.5, 0.6) is 0 Å². The van der Waals surface area contributed by atoms with Crippen LogP contribution in [0, 0.1) is 52.3 Å². The van der Waals surface area contributed by atoms with Crippen molar-refractivity contribution in [1.29, 1.82) is 0 Å². The average molecular weight is 593 g/mol. The number of urea groups is 1. The molecule has 9 heteroatoms. The standard InChI is InChI=1S/C32H49FN2O5S/c1-5-21-27-28(33)25(36)14-17-32(27,4)24-13-16-31(3)22(11-12-23(31)26(24)29(21)37)19(2)15-18-34-30(38)35-41(39,40)20-9-7-6-8-10-20/h6-10,19,21-29,36-37H,5,11-18H2,1-4H3,(H2,34,35,38)/t19-,21-,22-,23+,24+,25-,26+,27-,28+,29-,31-,32-/m1/s1. The van der Waals surface area contributed by atoms with Gasteiger partial charge in [0.15, 0.2) is 0 Å². The smallest absolute Gasteiger partial charge is 0.328 e. The Kier molecular flexibility index (Phi) is 8.56. The molecule has 0 heterocycles. The zero-order chi connectivity index (χ0) is 29.7. The summed E-state index contributed by atoms with van der Waals surface area (Å²) in [5.74, 6) is 1.10. The van der Waals surface area contributed by atoms with Crippen molar-refractivity contribution in [2.24, 2.45) is 52.3 Å². The van der Waals surface area contributed by atoms with Gasteiger partial charge in [0.05, 0.1) is 17.1 Å². The Labute approximate surface area is 245 Å². The third-order valence-corrected chi connectivity index (χ3v) is 13.7. The maximum Gasteiger partial charge on any atom is 0.328 e. The van der Waals surface area contributed by atoms with Crippen molar-refractivity contribution < 1.29 is 27.8 Å². The number of hydrogen-bond donors (Lipinski definition) is 4. The third-order valence-electron chi connectivity index (χ3n) is 12.3. The van der Waals surface area contributed by atoms with E-state index in [0.29, 0.717) is 30.7 Å². The van der Waals surface area contributed by atoms with Crippen molar-refractivity contribution in [3.63, 3.8) is 0 Å². The average Bonchev–Trinajstić information content (AvgIpc) is 3.29. The highest BCUT2D eigenvalue weighted by atomic mass is 32.2. The summed E-state index contributed by atoms with van der Waals surface area (Å²) in [6, 6.07) is 7.12. The molecule has 4 saturated carbocycles. The second kappa shape index (κ2) is 11.4. The van der Waals surface area contributed by atoms with Gasteiger partial charge in [-0.1, -0.05) is 52.3 Å². The SMILES string of the molecule is CC[C@H]1[C@@H](O)[C@@H]2[C@H](CC[C@]3(C)[C@@H]([C@H](C)CCNC(=O)NS(=O)(=O)c4ccccc4)CC[C@@H]23)[C@@]2(C)CC[C@@H](O)[C@H](F)[C@@H]12. The number of sulfonamides is 1. The zero-order valence-electron chi connectivity index (χ0n) is 24.9. The van der Waals surface area contributed by atoms with E-state index in [1.807, 2.05) is 0 Å². The number of alkyl halides is 1. The van der Waals surface area contributed by atoms with Gasteiger partial charge in [-0.3, -0.25) is 0 Å². The van der Waals surface area contributed by atoms with Gasteiger partial charge in [0.1, 0.15) is 6.17 Å². The van der Waals surface area contributed by atoms with Crippen molar-refractivity contribution >= 4 is 16.1 Å². The van der Waals surface area contributed by atoms with Gasteiger partial charge >= 0.3 is 6.03 Å². The van der Waals surface area contributed by atoms with Gasteiger partial charge in [-0.05, 0) is 103 Å². The minimum Gasteiger partial charge on any atom is -0.393 e. The Balaban J connectivity index is 1.24. The van der Waals surface area contributed by atoms with Crippen molar-refractivity contribution in [1.82, 2.24) is 10.0 Å². The van der Waals surface area contributed by atoms with E-state index in [1.165, 1.54) is 12.1 Å². The zero-order valence-corrected chi connectivity index (χ0v) is 25.7. The van der Waals surface area contributed by atoms with E-state index in [2.05, 4.69) is 37.7 Å². The van der Waals surface area contributed by atoms with Crippen LogP contribution in [0.25, 0.3) is 0 Å². The fourth-order valence-electron chi connectivity index (χ4n) is 10.4. The summed E-state index contributed by atoms with van der Waals surface area (Å²) in [5, 5.41) is 25.0. The number of carbonyl (C=O) groups is 1. The van der Waals surface area contributed by atoms with Crippen LogP contribution in [0.15, 0.2) is 35.2 Å². The Bertz CT molecular complexity index is 1200. The molecule has 1 aromatic rings. The Morgan fingerprint density at radius 3 is 2.39 bits per heavy atom. The first-order chi connectivity index (χ1) is 19.3. The maximum absolute atomic E-state index is 15.6. The number of nitrogens with one attached hydrogen (secondary N) is 2. The normalized spacial score (nSPS) is 42.9. The molecule has 4 N–H and O–H groups in total. The molecule has 0 aromatic heterocycles. The highest BCUT2D eigenvalue weighted by Gasteiger charge is 2.66. The van der Waals surface area contributed by atoms with E-state index in [4.69, 9.17) is 0 Å². The molecule has 4 aliphatic carbocycles. The lowest BCUT2D eigenvalue weighted by molar-refractivity contribution is -0.222. The third kappa shape index (κ3) is 5.22. The molecule has 0 saturated heterocycles. The number of aliphatic hydroxyl groups is 2. The lowest BCUT2D eigenvalue weighted by Gasteiger charge is -2.65. The van der Waals surface area contributed by atoms with Crippen LogP contribution in [0.4, 0.5) is 9.18 Å². The number of benzene rings is 1. The number of aliphatic hydroxyl groups excluding tert-OH is 2. The summed E-state index contributed by atoms with van der Waals surface area (Å²) in [6.07, 6.45) is 4.15. The number of fused-ring (bicyclic) bond motifs is 5. The molecule has 0 spiro atoms. The minimum absolute atomic E-state index is 0.0471. The molecule has 0 bridgehead atoms. The van der Waals surface area contributed by atoms with Crippen LogP contribution in [0.3, 0.4) is 0 Å². The summed E-state index contributed by atoms with van der Waals surface area (Å²) in [7, 11) is -3.92. The Morgan fingerprint density at radius 1 is 1.05 bits per heavy atom. The van der Waals surface area contributed by atoms with E-state index < -0.39 is 34.4 Å². The van der Waals surface area contributed by atoms with Gasteiger partial charge in [0.25, 0.3) is 10.0 Å². The van der Waals surface area contributed by atoms with Crippen molar-refractivity contribution in [2.75, 3.05) is 6.54 Å².